The van der Waals surface area contributed by atoms with E-state index in [1.54, 1.807) is 6.07 Å². The lowest BCUT2D eigenvalue weighted by molar-refractivity contribution is -0.138. The minimum Gasteiger partial charge on any atom is -0.480 e. The first-order chi connectivity index (χ1) is 6.63. The van der Waals surface area contributed by atoms with Crippen LogP contribution in [-0.2, 0) is 11.2 Å². The van der Waals surface area contributed by atoms with Gasteiger partial charge < -0.3 is 10.8 Å². The third-order valence-corrected chi connectivity index (χ3v) is 1.71. The van der Waals surface area contributed by atoms with Crippen LogP contribution in [-0.4, -0.2) is 22.1 Å². The average Bonchev–Trinajstić information content (AvgIpc) is 2.19. The van der Waals surface area contributed by atoms with E-state index >= 15 is 0 Å². The van der Waals surface area contributed by atoms with Crippen LogP contribution in [0.4, 0.5) is 0 Å². The number of hydrogen-bond acceptors (Lipinski definition) is 4. The molecule has 1 rings (SSSR count). The first kappa shape index (κ1) is 13.4. The van der Waals surface area contributed by atoms with Crippen LogP contribution in [0, 0.1) is 11.3 Å². The van der Waals surface area contributed by atoms with E-state index in [-0.39, 0.29) is 18.8 Å². The molecular formula is C9H10ClN3O2. The summed E-state index contributed by atoms with van der Waals surface area (Å²) < 4.78 is 0. The molecule has 15 heavy (non-hydrogen) atoms. The highest BCUT2D eigenvalue weighted by Gasteiger charge is 2.11. The van der Waals surface area contributed by atoms with Crippen molar-refractivity contribution in [2.24, 2.45) is 5.73 Å². The number of aromatic nitrogens is 1. The van der Waals surface area contributed by atoms with E-state index < -0.39 is 12.0 Å². The van der Waals surface area contributed by atoms with E-state index in [4.69, 9.17) is 16.1 Å². The van der Waals surface area contributed by atoms with Crippen molar-refractivity contribution < 1.29 is 9.90 Å². The molecule has 0 aromatic carbocycles. The smallest absolute Gasteiger partial charge is 0.320 e. The third-order valence-electron chi connectivity index (χ3n) is 1.71. The zero-order valence-electron chi connectivity index (χ0n) is 7.75. The van der Waals surface area contributed by atoms with Gasteiger partial charge in [0, 0.05) is 6.20 Å². The molecular weight excluding hydrogens is 218 g/mol. The monoisotopic (exact) mass is 227 g/mol. The summed E-state index contributed by atoms with van der Waals surface area (Å²) in [6, 6.07) is 4.12. The SMILES string of the molecule is Cl.N#Cc1ccc(C[C@H](N)C(=O)O)cn1. The molecule has 80 valence electrons. The lowest BCUT2D eigenvalue weighted by Gasteiger charge is -2.05. The van der Waals surface area contributed by atoms with Crippen LogP contribution < -0.4 is 5.73 Å². The normalized spacial score (nSPS) is 10.9. The van der Waals surface area contributed by atoms with Gasteiger partial charge in [0.2, 0.25) is 0 Å². The fraction of sp³-hybridized carbons (Fsp3) is 0.222. The molecule has 0 fully saturated rings. The van der Waals surface area contributed by atoms with Gasteiger partial charge in [-0.1, -0.05) is 6.07 Å². The van der Waals surface area contributed by atoms with Gasteiger partial charge in [-0.3, -0.25) is 4.79 Å². The molecule has 1 aromatic rings. The van der Waals surface area contributed by atoms with E-state index in [9.17, 15) is 4.79 Å². The predicted molar refractivity (Wildman–Crippen MR) is 55.5 cm³/mol. The molecule has 0 radical (unpaired) electrons. The molecule has 1 atom stereocenters. The molecule has 0 spiro atoms. The van der Waals surface area contributed by atoms with Gasteiger partial charge in [-0.05, 0) is 18.1 Å². The summed E-state index contributed by atoms with van der Waals surface area (Å²) in [7, 11) is 0. The second-order valence-corrected chi connectivity index (χ2v) is 2.81. The van der Waals surface area contributed by atoms with Crippen LogP contribution in [0.5, 0.6) is 0 Å². The molecule has 0 aliphatic carbocycles. The zero-order valence-corrected chi connectivity index (χ0v) is 8.57. The zero-order chi connectivity index (χ0) is 10.6. The quantitative estimate of drug-likeness (QED) is 0.775. The van der Waals surface area contributed by atoms with Gasteiger partial charge in [0.1, 0.15) is 17.8 Å². The highest BCUT2D eigenvalue weighted by atomic mass is 35.5. The molecule has 0 aliphatic rings. The summed E-state index contributed by atoms with van der Waals surface area (Å²) in [6.45, 7) is 0. The molecule has 0 unspecified atom stereocenters. The number of carbonyl (C=O) groups is 1. The lowest BCUT2D eigenvalue weighted by Crippen LogP contribution is -2.32. The number of aliphatic carboxylic acids is 1. The number of nitrogens with two attached hydrogens (primary N) is 1. The topological polar surface area (TPSA) is 100 Å². The number of pyridine rings is 1. The molecule has 0 saturated carbocycles. The first-order valence-corrected chi connectivity index (χ1v) is 3.97. The maximum atomic E-state index is 10.4. The average molecular weight is 228 g/mol. The molecule has 1 aromatic heterocycles. The Morgan fingerprint density at radius 1 is 1.67 bits per heavy atom. The molecule has 5 nitrogen and oxygen atoms in total. The van der Waals surface area contributed by atoms with Crippen molar-refractivity contribution in [1.82, 2.24) is 4.98 Å². The number of hydrogen-bond donors (Lipinski definition) is 2. The molecule has 1 heterocycles. The van der Waals surface area contributed by atoms with Crippen molar-refractivity contribution in [2.75, 3.05) is 0 Å². The molecule has 0 amide bonds. The second-order valence-electron chi connectivity index (χ2n) is 2.81. The number of halogens is 1. The number of carboxylic acid groups (broad SMARTS) is 1. The Morgan fingerprint density at radius 3 is 2.73 bits per heavy atom. The predicted octanol–water partition coefficient (Wildman–Crippen LogP) is 0.329. The van der Waals surface area contributed by atoms with Crippen molar-refractivity contribution >= 4 is 18.4 Å². The first-order valence-electron chi connectivity index (χ1n) is 3.97. The Hall–Kier alpha value is -1.64. The fourth-order valence-corrected chi connectivity index (χ4v) is 0.953. The number of carboxylic acids is 1. The van der Waals surface area contributed by atoms with E-state index in [1.807, 2.05) is 6.07 Å². The number of nitrogens with zero attached hydrogens (tertiary/aromatic N) is 2. The Balaban J connectivity index is 0.00000196. The van der Waals surface area contributed by atoms with Gasteiger partial charge in [-0.2, -0.15) is 5.26 Å². The highest BCUT2D eigenvalue weighted by Crippen LogP contribution is 2.02. The molecule has 0 bridgehead atoms. The molecule has 3 N–H and O–H groups in total. The van der Waals surface area contributed by atoms with Crippen LogP contribution in [0.3, 0.4) is 0 Å². The minimum atomic E-state index is -1.05. The third kappa shape index (κ3) is 3.94. The summed E-state index contributed by atoms with van der Waals surface area (Å²) in [5.41, 5.74) is 6.34. The summed E-state index contributed by atoms with van der Waals surface area (Å²) in [6.07, 6.45) is 1.68. The van der Waals surface area contributed by atoms with Gasteiger partial charge >= 0.3 is 5.97 Å². The molecule has 0 aliphatic heterocycles. The summed E-state index contributed by atoms with van der Waals surface area (Å²) in [4.78, 5) is 14.2. The van der Waals surface area contributed by atoms with Crippen LogP contribution in [0.15, 0.2) is 18.3 Å². The maximum Gasteiger partial charge on any atom is 0.320 e. The van der Waals surface area contributed by atoms with Crippen LogP contribution in [0.2, 0.25) is 0 Å². The Morgan fingerprint density at radius 2 is 2.33 bits per heavy atom. The number of rotatable bonds is 3. The van der Waals surface area contributed by atoms with Gasteiger partial charge in [-0.25, -0.2) is 4.98 Å². The van der Waals surface area contributed by atoms with E-state index in [1.165, 1.54) is 12.3 Å². The standard InChI is InChI=1S/C9H9N3O2.ClH/c10-4-7-2-1-6(5-12-7)3-8(11)9(13)14;/h1-2,5,8H,3,11H2,(H,13,14);1H/t8-;/m0./s1. The van der Waals surface area contributed by atoms with E-state index in [2.05, 4.69) is 4.98 Å². The minimum absolute atomic E-state index is 0. The Bertz CT molecular complexity index is 372. The van der Waals surface area contributed by atoms with Crippen molar-refractivity contribution in [1.29, 1.82) is 5.26 Å². The van der Waals surface area contributed by atoms with Crippen molar-refractivity contribution in [3.8, 4) is 6.07 Å². The Kier molecular flexibility index (Phi) is 5.31. The summed E-state index contributed by atoms with van der Waals surface area (Å²) >= 11 is 0. The van der Waals surface area contributed by atoms with Gasteiger partial charge in [0.15, 0.2) is 0 Å². The summed E-state index contributed by atoms with van der Waals surface area (Å²) in [5, 5.41) is 17.0. The fourth-order valence-electron chi connectivity index (χ4n) is 0.953. The number of nitriles is 1. The van der Waals surface area contributed by atoms with Crippen LogP contribution in [0.1, 0.15) is 11.3 Å². The lowest BCUT2D eigenvalue weighted by atomic mass is 10.1. The van der Waals surface area contributed by atoms with E-state index in [0.29, 0.717) is 11.3 Å². The van der Waals surface area contributed by atoms with Crippen LogP contribution >= 0.6 is 12.4 Å². The van der Waals surface area contributed by atoms with Gasteiger partial charge in [0.25, 0.3) is 0 Å². The Labute approximate surface area is 93.0 Å². The van der Waals surface area contributed by atoms with Gasteiger partial charge in [-0.15, -0.1) is 12.4 Å². The van der Waals surface area contributed by atoms with Crippen LogP contribution in [0.25, 0.3) is 0 Å². The summed E-state index contributed by atoms with van der Waals surface area (Å²) in [5.74, 6) is -1.05. The van der Waals surface area contributed by atoms with E-state index in [0.717, 1.165) is 0 Å². The van der Waals surface area contributed by atoms with Crippen molar-refractivity contribution in [3.05, 3.63) is 29.6 Å². The van der Waals surface area contributed by atoms with Crippen molar-refractivity contribution in [3.63, 3.8) is 0 Å². The molecule has 0 saturated heterocycles. The maximum absolute atomic E-state index is 10.4. The largest absolute Gasteiger partial charge is 0.480 e. The molecule has 6 heteroatoms. The van der Waals surface area contributed by atoms with Crippen molar-refractivity contribution in [2.45, 2.75) is 12.5 Å². The van der Waals surface area contributed by atoms with Gasteiger partial charge in [0.05, 0.1) is 0 Å². The second kappa shape index (κ2) is 5.96. The highest BCUT2D eigenvalue weighted by molar-refractivity contribution is 5.85.